The van der Waals surface area contributed by atoms with Gasteiger partial charge in [0, 0.05) is 6.20 Å². The van der Waals surface area contributed by atoms with E-state index in [2.05, 4.69) is 4.98 Å². The lowest BCUT2D eigenvalue weighted by Crippen LogP contribution is -2.28. The van der Waals surface area contributed by atoms with Gasteiger partial charge in [0.25, 0.3) is 0 Å². The fraction of sp³-hybridized carbons (Fsp3) is 0. The van der Waals surface area contributed by atoms with Crippen molar-refractivity contribution < 1.29 is 4.79 Å². The second kappa shape index (κ2) is 2.93. The number of carbonyl (C=O) groups excluding carboxylic acids is 1. The smallest absolute Gasteiger partial charge is 0.228 e. The largest absolute Gasteiger partial charge is 0.277 e. The zero-order valence-electron chi connectivity index (χ0n) is 5.27. The van der Waals surface area contributed by atoms with Gasteiger partial charge in [0.2, 0.25) is 6.41 Å². The normalized spacial score (nSPS) is 8.90. The van der Waals surface area contributed by atoms with E-state index in [1.807, 2.05) is 0 Å². The van der Waals surface area contributed by atoms with Crippen LogP contribution in [0.4, 0.5) is 5.69 Å². The molecule has 1 heterocycles. The Hall–Kier alpha value is -1.42. The monoisotopic (exact) mass is 137 g/mol. The highest BCUT2D eigenvalue weighted by molar-refractivity contribution is 5.72. The first kappa shape index (κ1) is 6.70. The number of hydrogen-bond donors (Lipinski definition) is 1. The van der Waals surface area contributed by atoms with Crippen LogP contribution in [0.2, 0.25) is 0 Å². The minimum Gasteiger partial charge on any atom is -0.277 e. The molecule has 10 heavy (non-hydrogen) atoms. The molecule has 2 N–H and O–H groups in total. The predicted molar refractivity (Wildman–Crippen MR) is 37.0 cm³/mol. The van der Waals surface area contributed by atoms with E-state index in [1.165, 1.54) is 6.20 Å². The Balaban J connectivity index is 2.84. The second-order valence-corrected chi connectivity index (χ2v) is 1.72. The number of hydrogen-bond acceptors (Lipinski definition) is 3. The van der Waals surface area contributed by atoms with Crippen LogP contribution in [0.3, 0.4) is 0 Å². The van der Waals surface area contributed by atoms with E-state index in [-0.39, 0.29) is 0 Å². The van der Waals surface area contributed by atoms with Crippen molar-refractivity contribution in [1.82, 2.24) is 4.98 Å². The van der Waals surface area contributed by atoms with Crippen molar-refractivity contribution in [2.75, 3.05) is 5.01 Å². The van der Waals surface area contributed by atoms with Crippen LogP contribution in [-0.4, -0.2) is 11.4 Å². The Morgan fingerprint density at radius 2 is 2.50 bits per heavy atom. The average Bonchev–Trinajstić information content (AvgIpc) is 2.05. The maximum Gasteiger partial charge on any atom is 0.228 e. The molecule has 0 saturated carbocycles. The van der Waals surface area contributed by atoms with Crippen molar-refractivity contribution in [3.63, 3.8) is 0 Å². The van der Waals surface area contributed by atoms with Crippen LogP contribution >= 0.6 is 0 Å². The van der Waals surface area contributed by atoms with Gasteiger partial charge in [-0.3, -0.25) is 9.78 Å². The topological polar surface area (TPSA) is 59.2 Å². The molecule has 0 bridgehead atoms. The third kappa shape index (κ3) is 1.29. The quantitative estimate of drug-likeness (QED) is 0.268. The number of pyridine rings is 1. The number of hydrazine groups is 1. The summed E-state index contributed by atoms with van der Waals surface area (Å²) in [6, 6.07) is 3.40. The van der Waals surface area contributed by atoms with E-state index in [4.69, 9.17) is 5.84 Å². The summed E-state index contributed by atoms with van der Waals surface area (Å²) in [5.74, 6) is 5.22. The van der Waals surface area contributed by atoms with E-state index in [0.29, 0.717) is 12.1 Å². The maximum atomic E-state index is 10.1. The van der Waals surface area contributed by atoms with E-state index in [1.54, 1.807) is 18.3 Å². The molecule has 0 aromatic carbocycles. The molecule has 0 saturated heterocycles. The van der Waals surface area contributed by atoms with Crippen molar-refractivity contribution in [3.8, 4) is 0 Å². The van der Waals surface area contributed by atoms with Gasteiger partial charge in [-0.25, -0.2) is 10.9 Å². The van der Waals surface area contributed by atoms with Crippen LogP contribution in [-0.2, 0) is 4.79 Å². The molecule has 0 aliphatic carbocycles. The third-order valence-electron chi connectivity index (χ3n) is 1.06. The van der Waals surface area contributed by atoms with E-state index < -0.39 is 0 Å². The summed E-state index contributed by atoms with van der Waals surface area (Å²) in [5.41, 5.74) is 0.581. The Labute approximate surface area is 58.2 Å². The molecule has 0 spiro atoms. The number of amides is 1. The number of rotatable bonds is 2. The lowest BCUT2D eigenvalue weighted by atomic mass is 10.4. The van der Waals surface area contributed by atoms with Crippen molar-refractivity contribution >= 4 is 12.1 Å². The minimum atomic E-state index is 0.525. The van der Waals surface area contributed by atoms with Crippen LogP contribution in [0.1, 0.15) is 0 Å². The summed E-state index contributed by atoms with van der Waals surface area (Å²) in [4.78, 5) is 13.9. The molecule has 0 fully saturated rings. The highest BCUT2D eigenvalue weighted by atomic mass is 16.1. The first-order valence-corrected chi connectivity index (χ1v) is 2.74. The summed E-state index contributed by atoms with van der Waals surface area (Å²) >= 11 is 0. The summed E-state index contributed by atoms with van der Waals surface area (Å²) in [7, 11) is 0. The third-order valence-corrected chi connectivity index (χ3v) is 1.06. The number of nitrogens with zero attached hydrogens (tertiary/aromatic N) is 2. The second-order valence-electron chi connectivity index (χ2n) is 1.72. The van der Waals surface area contributed by atoms with Gasteiger partial charge in [-0.05, 0) is 12.1 Å². The minimum absolute atomic E-state index is 0.525. The number of aromatic nitrogens is 1. The van der Waals surface area contributed by atoms with Crippen molar-refractivity contribution in [3.05, 3.63) is 24.5 Å². The number of anilines is 1. The lowest BCUT2D eigenvalue weighted by Gasteiger charge is -2.07. The number of carbonyl (C=O) groups is 1. The Morgan fingerprint density at radius 3 is 3.00 bits per heavy atom. The molecule has 4 heteroatoms. The maximum absolute atomic E-state index is 10.1. The Morgan fingerprint density at radius 1 is 1.70 bits per heavy atom. The summed E-state index contributed by atoms with van der Waals surface area (Å²) < 4.78 is 0. The van der Waals surface area contributed by atoms with E-state index in [0.717, 1.165) is 5.01 Å². The molecule has 0 atom stereocenters. The van der Waals surface area contributed by atoms with Crippen LogP contribution in [0.15, 0.2) is 24.5 Å². The molecule has 52 valence electrons. The van der Waals surface area contributed by atoms with Gasteiger partial charge in [-0.1, -0.05) is 0 Å². The fourth-order valence-corrected chi connectivity index (χ4v) is 0.567. The van der Waals surface area contributed by atoms with Gasteiger partial charge in [0.05, 0.1) is 11.9 Å². The molecule has 0 aliphatic heterocycles. The van der Waals surface area contributed by atoms with Crippen LogP contribution in [0.25, 0.3) is 0 Å². The Bertz CT molecular complexity index is 211. The first-order valence-electron chi connectivity index (χ1n) is 2.74. The first-order chi connectivity index (χ1) is 4.84. The van der Waals surface area contributed by atoms with Crippen LogP contribution in [0, 0.1) is 0 Å². The SMILES string of the molecule is NN(C=O)c1cccnc1. The van der Waals surface area contributed by atoms with Crippen molar-refractivity contribution in [1.29, 1.82) is 0 Å². The zero-order chi connectivity index (χ0) is 7.40. The molecular formula is C6H7N3O. The molecule has 1 aromatic rings. The molecule has 0 aliphatic rings. The number of nitrogens with two attached hydrogens (primary N) is 1. The molecule has 1 aromatic heterocycles. The summed E-state index contributed by atoms with van der Waals surface area (Å²) in [6.45, 7) is 0. The summed E-state index contributed by atoms with van der Waals surface area (Å²) in [6.07, 6.45) is 3.65. The van der Waals surface area contributed by atoms with Crippen LogP contribution < -0.4 is 10.9 Å². The molecule has 0 unspecified atom stereocenters. The van der Waals surface area contributed by atoms with Crippen molar-refractivity contribution in [2.45, 2.75) is 0 Å². The lowest BCUT2D eigenvalue weighted by molar-refractivity contribution is -0.107. The summed E-state index contributed by atoms with van der Waals surface area (Å²) in [5, 5.41) is 0.965. The highest BCUT2D eigenvalue weighted by Gasteiger charge is 1.95. The highest BCUT2D eigenvalue weighted by Crippen LogP contribution is 2.03. The van der Waals surface area contributed by atoms with E-state index in [9.17, 15) is 4.79 Å². The average molecular weight is 137 g/mol. The molecule has 1 rings (SSSR count). The van der Waals surface area contributed by atoms with Gasteiger partial charge in [0.15, 0.2) is 0 Å². The van der Waals surface area contributed by atoms with Gasteiger partial charge in [-0.15, -0.1) is 0 Å². The zero-order valence-corrected chi connectivity index (χ0v) is 5.27. The van der Waals surface area contributed by atoms with Crippen LogP contribution in [0.5, 0.6) is 0 Å². The fourth-order valence-electron chi connectivity index (χ4n) is 0.567. The van der Waals surface area contributed by atoms with Gasteiger partial charge in [-0.2, -0.15) is 0 Å². The molecule has 1 amide bonds. The van der Waals surface area contributed by atoms with Gasteiger partial charge >= 0.3 is 0 Å². The van der Waals surface area contributed by atoms with Gasteiger partial charge in [0.1, 0.15) is 0 Å². The van der Waals surface area contributed by atoms with Gasteiger partial charge < -0.3 is 0 Å². The molecular weight excluding hydrogens is 130 g/mol. The van der Waals surface area contributed by atoms with Crippen molar-refractivity contribution in [2.24, 2.45) is 5.84 Å². The Kier molecular flexibility index (Phi) is 1.96. The standard InChI is InChI=1S/C6H7N3O/c7-9(5-10)6-2-1-3-8-4-6/h1-5H,7H2. The van der Waals surface area contributed by atoms with E-state index >= 15 is 0 Å². The molecule has 0 radical (unpaired) electrons. The predicted octanol–water partition coefficient (Wildman–Crippen LogP) is -0.0819. The molecule has 4 nitrogen and oxygen atoms in total.